The van der Waals surface area contributed by atoms with Gasteiger partial charge in [0.1, 0.15) is 5.75 Å². The molecular formula is C17H17NO4. The Morgan fingerprint density at radius 3 is 2.18 bits per heavy atom. The lowest BCUT2D eigenvalue weighted by Crippen LogP contribution is -2.34. The molecule has 5 nitrogen and oxygen atoms in total. The molecule has 2 saturated heterocycles. The summed E-state index contributed by atoms with van der Waals surface area (Å²) in [5.74, 6) is -0.296. The molecule has 0 aliphatic carbocycles. The summed E-state index contributed by atoms with van der Waals surface area (Å²) in [4.78, 5) is 26.5. The fourth-order valence-electron chi connectivity index (χ4n) is 3.47. The third-order valence-electron chi connectivity index (χ3n) is 4.48. The highest BCUT2D eigenvalue weighted by atomic mass is 16.5. The number of amides is 2. The number of nitrogens with zero attached hydrogens (tertiary/aromatic N) is 1. The highest BCUT2D eigenvalue weighted by Gasteiger charge is 2.60. The molecule has 1 aromatic carbocycles. The van der Waals surface area contributed by atoms with Crippen molar-refractivity contribution in [3.8, 4) is 5.75 Å². The van der Waals surface area contributed by atoms with Crippen molar-refractivity contribution in [3.05, 3.63) is 36.4 Å². The van der Waals surface area contributed by atoms with Gasteiger partial charge in [-0.1, -0.05) is 19.1 Å². The van der Waals surface area contributed by atoms with E-state index in [0.717, 1.165) is 12.2 Å². The molecule has 114 valence electrons. The molecule has 2 fully saturated rings. The molecule has 2 bridgehead atoms. The van der Waals surface area contributed by atoms with Crippen molar-refractivity contribution < 1.29 is 19.1 Å². The fourth-order valence-corrected chi connectivity index (χ4v) is 3.47. The van der Waals surface area contributed by atoms with E-state index in [4.69, 9.17) is 9.47 Å². The first-order valence-electron chi connectivity index (χ1n) is 7.65. The van der Waals surface area contributed by atoms with Gasteiger partial charge in [0, 0.05) is 0 Å². The molecule has 0 N–H and O–H groups in total. The van der Waals surface area contributed by atoms with Crippen molar-refractivity contribution in [1.82, 2.24) is 0 Å². The lowest BCUT2D eigenvalue weighted by atomic mass is 9.85. The number of carbonyl (C=O) groups is 2. The van der Waals surface area contributed by atoms with Gasteiger partial charge in [0.2, 0.25) is 11.8 Å². The summed E-state index contributed by atoms with van der Waals surface area (Å²) in [6, 6.07) is 7.11. The van der Waals surface area contributed by atoms with Crippen molar-refractivity contribution in [2.75, 3.05) is 11.5 Å². The lowest BCUT2D eigenvalue weighted by molar-refractivity contribution is -0.124. The molecule has 0 unspecified atom stereocenters. The second-order valence-corrected chi connectivity index (χ2v) is 5.86. The van der Waals surface area contributed by atoms with Crippen LogP contribution in [0.2, 0.25) is 0 Å². The fraction of sp³-hybridized carbons (Fsp3) is 0.412. The number of benzene rings is 1. The summed E-state index contributed by atoms with van der Waals surface area (Å²) in [6.07, 6.45) is 4.22. The number of anilines is 1. The third kappa shape index (κ3) is 1.82. The van der Waals surface area contributed by atoms with Gasteiger partial charge in [0.05, 0.1) is 36.3 Å². The number of hydrogen-bond acceptors (Lipinski definition) is 4. The maximum atomic E-state index is 12.6. The molecule has 0 spiro atoms. The van der Waals surface area contributed by atoms with Gasteiger partial charge in [0.25, 0.3) is 0 Å². The number of hydrogen-bond donors (Lipinski definition) is 0. The average molecular weight is 299 g/mol. The van der Waals surface area contributed by atoms with Crippen LogP contribution in [-0.2, 0) is 14.3 Å². The summed E-state index contributed by atoms with van der Waals surface area (Å²) in [5, 5.41) is 0. The van der Waals surface area contributed by atoms with Crippen molar-refractivity contribution in [2.45, 2.75) is 25.6 Å². The Labute approximate surface area is 128 Å². The molecule has 3 aliphatic rings. The molecule has 0 saturated carbocycles. The first-order chi connectivity index (χ1) is 10.7. The number of imide groups is 1. The highest BCUT2D eigenvalue weighted by molar-refractivity contribution is 6.23. The topological polar surface area (TPSA) is 55.8 Å². The normalized spacial score (nSPS) is 32.0. The highest BCUT2D eigenvalue weighted by Crippen LogP contribution is 2.46. The summed E-state index contributed by atoms with van der Waals surface area (Å²) >= 11 is 0. The number of rotatable bonds is 4. The number of fused-ring (bicyclic) bond motifs is 5. The van der Waals surface area contributed by atoms with E-state index in [0.29, 0.717) is 12.3 Å². The predicted octanol–water partition coefficient (Wildman–Crippen LogP) is 1.92. The van der Waals surface area contributed by atoms with Crippen LogP contribution in [0, 0.1) is 11.8 Å². The van der Waals surface area contributed by atoms with Crippen molar-refractivity contribution in [1.29, 1.82) is 0 Å². The number of carbonyl (C=O) groups excluding carboxylic acids is 2. The van der Waals surface area contributed by atoms with E-state index in [1.165, 1.54) is 4.90 Å². The maximum Gasteiger partial charge on any atom is 0.240 e. The van der Waals surface area contributed by atoms with E-state index in [9.17, 15) is 9.59 Å². The van der Waals surface area contributed by atoms with E-state index in [1.54, 1.807) is 24.3 Å². The van der Waals surface area contributed by atoms with Gasteiger partial charge < -0.3 is 9.47 Å². The lowest BCUT2D eigenvalue weighted by Gasteiger charge is -2.18. The van der Waals surface area contributed by atoms with Crippen LogP contribution in [0.3, 0.4) is 0 Å². The van der Waals surface area contributed by atoms with Crippen molar-refractivity contribution in [3.63, 3.8) is 0 Å². The van der Waals surface area contributed by atoms with Gasteiger partial charge >= 0.3 is 0 Å². The quantitative estimate of drug-likeness (QED) is 0.629. The van der Waals surface area contributed by atoms with E-state index in [-0.39, 0.29) is 35.9 Å². The van der Waals surface area contributed by atoms with Crippen molar-refractivity contribution >= 4 is 17.5 Å². The first kappa shape index (κ1) is 13.5. The molecule has 0 radical (unpaired) electrons. The third-order valence-corrected chi connectivity index (χ3v) is 4.48. The SMILES string of the molecule is CCCOc1ccc(N2C(=O)[C@@H]3[C@@H](C2=O)[C@H]2C=C[C@H]3O2)cc1. The van der Waals surface area contributed by atoms with Crippen LogP contribution in [0.4, 0.5) is 5.69 Å². The predicted molar refractivity (Wildman–Crippen MR) is 79.5 cm³/mol. The van der Waals surface area contributed by atoms with Crippen LogP contribution in [0.15, 0.2) is 36.4 Å². The van der Waals surface area contributed by atoms with Gasteiger partial charge in [-0.3, -0.25) is 9.59 Å². The van der Waals surface area contributed by atoms with Gasteiger partial charge in [-0.25, -0.2) is 4.90 Å². The van der Waals surface area contributed by atoms with Crippen LogP contribution in [0.25, 0.3) is 0 Å². The second-order valence-electron chi connectivity index (χ2n) is 5.86. The molecule has 3 aliphatic heterocycles. The maximum absolute atomic E-state index is 12.6. The Morgan fingerprint density at radius 2 is 1.64 bits per heavy atom. The Morgan fingerprint density at radius 1 is 1.05 bits per heavy atom. The van der Waals surface area contributed by atoms with Crippen LogP contribution in [-0.4, -0.2) is 30.6 Å². The Balaban J connectivity index is 1.58. The largest absolute Gasteiger partial charge is 0.494 e. The minimum absolute atomic E-state index is 0.158. The molecule has 2 amide bonds. The molecular weight excluding hydrogens is 282 g/mol. The molecule has 4 atom stereocenters. The van der Waals surface area contributed by atoms with E-state index >= 15 is 0 Å². The Bertz CT molecular complexity index is 621. The Kier molecular flexibility index (Phi) is 3.04. The van der Waals surface area contributed by atoms with E-state index in [1.807, 2.05) is 19.1 Å². The van der Waals surface area contributed by atoms with Gasteiger partial charge in [-0.15, -0.1) is 0 Å². The van der Waals surface area contributed by atoms with Crippen LogP contribution >= 0.6 is 0 Å². The first-order valence-corrected chi connectivity index (χ1v) is 7.65. The smallest absolute Gasteiger partial charge is 0.240 e. The average Bonchev–Trinajstić information content (AvgIpc) is 3.20. The second kappa shape index (κ2) is 4.95. The zero-order chi connectivity index (χ0) is 15.3. The molecule has 3 heterocycles. The molecule has 4 rings (SSSR count). The molecule has 5 heteroatoms. The summed E-state index contributed by atoms with van der Waals surface area (Å²) in [6.45, 7) is 2.69. The monoisotopic (exact) mass is 299 g/mol. The minimum atomic E-state index is -0.362. The summed E-state index contributed by atoms with van der Waals surface area (Å²) in [5.41, 5.74) is 0.604. The van der Waals surface area contributed by atoms with Crippen LogP contribution in [0.1, 0.15) is 13.3 Å². The standard InChI is InChI=1S/C17H17NO4/c1-2-9-21-11-5-3-10(4-6-11)18-16(19)14-12-7-8-13(22-12)15(14)17(18)20/h3-8,12-15H,2,9H2,1H3/t12-,13-,14+,15+/m1/s1. The van der Waals surface area contributed by atoms with Crippen LogP contribution in [0.5, 0.6) is 5.75 Å². The van der Waals surface area contributed by atoms with E-state index < -0.39 is 0 Å². The van der Waals surface area contributed by atoms with Gasteiger partial charge in [-0.2, -0.15) is 0 Å². The Hall–Kier alpha value is -2.14. The molecule has 1 aromatic rings. The number of ether oxygens (including phenoxy) is 2. The zero-order valence-corrected chi connectivity index (χ0v) is 12.3. The summed E-state index contributed by atoms with van der Waals surface area (Å²) < 4.78 is 11.2. The van der Waals surface area contributed by atoms with Gasteiger partial charge in [0.15, 0.2) is 0 Å². The molecule has 0 aromatic heterocycles. The minimum Gasteiger partial charge on any atom is -0.494 e. The summed E-state index contributed by atoms with van der Waals surface area (Å²) in [7, 11) is 0. The van der Waals surface area contributed by atoms with E-state index in [2.05, 4.69) is 0 Å². The van der Waals surface area contributed by atoms with Crippen LogP contribution < -0.4 is 9.64 Å². The van der Waals surface area contributed by atoms with Gasteiger partial charge in [-0.05, 0) is 30.7 Å². The van der Waals surface area contributed by atoms with Crippen molar-refractivity contribution in [2.24, 2.45) is 11.8 Å². The molecule has 22 heavy (non-hydrogen) atoms. The zero-order valence-electron chi connectivity index (χ0n) is 12.3.